The van der Waals surface area contributed by atoms with Crippen LogP contribution in [0.4, 0.5) is 5.69 Å². The van der Waals surface area contributed by atoms with Crippen LogP contribution in [-0.2, 0) is 14.8 Å². The Morgan fingerprint density at radius 1 is 1.10 bits per heavy atom. The molecule has 1 N–H and O–H groups in total. The average molecular weight is 481 g/mol. The second kappa shape index (κ2) is 9.06. The number of rotatable bonds is 6. The van der Waals surface area contributed by atoms with E-state index in [0.717, 1.165) is 12.8 Å². The second-order valence-corrected chi connectivity index (χ2v) is 9.30. The van der Waals surface area contributed by atoms with E-state index < -0.39 is 21.9 Å². The molecule has 1 aliphatic rings. The van der Waals surface area contributed by atoms with Gasteiger partial charge in [-0.25, -0.2) is 13.2 Å². The molecule has 0 bridgehead atoms. The Hall–Kier alpha value is -2.23. The van der Waals surface area contributed by atoms with Crippen LogP contribution in [0.25, 0.3) is 0 Å². The number of benzene rings is 2. The number of esters is 1. The van der Waals surface area contributed by atoms with Crippen LogP contribution in [0.1, 0.15) is 40.5 Å². The number of nitrogens with one attached hydrogen (secondary N) is 1. The predicted molar refractivity (Wildman–Crippen MR) is 112 cm³/mol. The maximum Gasteiger partial charge on any atom is 0.338 e. The lowest BCUT2D eigenvalue weighted by Crippen LogP contribution is -2.28. The van der Waals surface area contributed by atoms with Gasteiger partial charge in [0.15, 0.2) is 0 Å². The first-order valence-corrected chi connectivity index (χ1v) is 11.4. The first-order chi connectivity index (χ1) is 13.8. The van der Waals surface area contributed by atoms with Crippen LogP contribution in [0.5, 0.6) is 0 Å². The summed E-state index contributed by atoms with van der Waals surface area (Å²) in [5, 5.41) is 2.72. The van der Waals surface area contributed by atoms with Crippen molar-refractivity contribution < 1.29 is 22.7 Å². The minimum Gasteiger partial charge on any atom is -0.462 e. The normalized spacial score (nSPS) is 14.6. The molecule has 0 radical (unpaired) electrons. The predicted octanol–water partition coefficient (Wildman–Crippen LogP) is 3.66. The van der Waals surface area contributed by atoms with Gasteiger partial charge < -0.3 is 10.1 Å². The summed E-state index contributed by atoms with van der Waals surface area (Å²) in [6, 6.07) is 10.7. The van der Waals surface area contributed by atoms with E-state index in [2.05, 4.69) is 21.2 Å². The highest BCUT2D eigenvalue weighted by Gasteiger charge is 2.28. The van der Waals surface area contributed by atoms with Gasteiger partial charge in [0.1, 0.15) is 0 Å². The third kappa shape index (κ3) is 4.85. The topological polar surface area (TPSA) is 92.8 Å². The monoisotopic (exact) mass is 480 g/mol. The lowest BCUT2D eigenvalue weighted by atomic mass is 10.2. The molecule has 154 valence electrons. The highest BCUT2D eigenvalue weighted by Crippen LogP contribution is 2.26. The molecule has 0 atom stereocenters. The van der Waals surface area contributed by atoms with Crippen molar-refractivity contribution >= 4 is 43.5 Å². The van der Waals surface area contributed by atoms with Gasteiger partial charge in [0.05, 0.1) is 22.6 Å². The molecular formula is C20H21BrN2O5S. The van der Waals surface area contributed by atoms with E-state index in [1.807, 2.05) is 0 Å². The van der Waals surface area contributed by atoms with Crippen LogP contribution in [0, 0.1) is 0 Å². The Labute approximate surface area is 178 Å². The Morgan fingerprint density at radius 3 is 2.38 bits per heavy atom. The van der Waals surface area contributed by atoms with Crippen molar-refractivity contribution in [2.45, 2.75) is 24.7 Å². The quantitative estimate of drug-likeness (QED) is 0.636. The summed E-state index contributed by atoms with van der Waals surface area (Å²) in [5.74, 6) is -0.896. The molecule has 1 amide bonds. The van der Waals surface area contributed by atoms with E-state index in [9.17, 15) is 18.0 Å². The Bertz CT molecular complexity index is 1020. The summed E-state index contributed by atoms with van der Waals surface area (Å²) < 4.78 is 32.4. The first-order valence-electron chi connectivity index (χ1n) is 9.21. The van der Waals surface area contributed by atoms with Gasteiger partial charge in [-0.1, -0.05) is 0 Å². The molecular weight excluding hydrogens is 460 g/mol. The summed E-state index contributed by atoms with van der Waals surface area (Å²) in [7, 11) is -3.62. The van der Waals surface area contributed by atoms with Gasteiger partial charge in [-0.05, 0) is 78.2 Å². The molecule has 2 aromatic rings. The molecule has 1 fully saturated rings. The van der Waals surface area contributed by atoms with Crippen molar-refractivity contribution in [1.82, 2.24) is 4.31 Å². The fraction of sp³-hybridized carbons (Fsp3) is 0.300. The summed E-state index contributed by atoms with van der Waals surface area (Å²) >= 11 is 3.31. The molecule has 7 nitrogen and oxygen atoms in total. The number of hydrogen-bond donors (Lipinski definition) is 1. The van der Waals surface area contributed by atoms with Crippen molar-refractivity contribution in [2.75, 3.05) is 25.0 Å². The zero-order valence-electron chi connectivity index (χ0n) is 15.9. The van der Waals surface area contributed by atoms with E-state index in [0.29, 0.717) is 28.8 Å². The van der Waals surface area contributed by atoms with Gasteiger partial charge in [0.25, 0.3) is 5.91 Å². The molecule has 2 aromatic carbocycles. The number of sulfonamides is 1. The van der Waals surface area contributed by atoms with Gasteiger partial charge in [-0.2, -0.15) is 4.31 Å². The highest BCUT2D eigenvalue weighted by molar-refractivity contribution is 9.10. The summed E-state index contributed by atoms with van der Waals surface area (Å²) in [6.45, 7) is 2.99. The molecule has 1 saturated heterocycles. The molecule has 3 rings (SSSR count). The third-order valence-electron chi connectivity index (χ3n) is 4.54. The Kier molecular flexibility index (Phi) is 6.71. The lowest BCUT2D eigenvalue weighted by Gasteiger charge is -2.16. The van der Waals surface area contributed by atoms with Crippen molar-refractivity contribution in [2.24, 2.45) is 0 Å². The fourth-order valence-electron chi connectivity index (χ4n) is 3.02. The van der Waals surface area contributed by atoms with Crippen LogP contribution < -0.4 is 5.32 Å². The van der Waals surface area contributed by atoms with E-state index in [-0.39, 0.29) is 17.1 Å². The van der Waals surface area contributed by atoms with Crippen molar-refractivity contribution in [3.05, 3.63) is 58.1 Å². The van der Waals surface area contributed by atoms with E-state index >= 15 is 0 Å². The van der Waals surface area contributed by atoms with Gasteiger partial charge in [-0.3, -0.25) is 4.79 Å². The lowest BCUT2D eigenvalue weighted by molar-refractivity contribution is 0.0526. The van der Waals surface area contributed by atoms with Gasteiger partial charge in [0, 0.05) is 23.2 Å². The molecule has 0 spiro atoms. The largest absolute Gasteiger partial charge is 0.462 e. The molecule has 1 heterocycles. The SMILES string of the molecule is CCOC(=O)c1ccc(NC(=O)c2cc(S(=O)(=O)N3CCCC3)ccc2Br)cc1. The molecule has 29 heavy (non-hydrogen) atoms. The van der Waals surface area contributed by atoms with E-state index in [1.165, 1.54) is 16.4 Å². The van der Waals surface area contributed by atoms with Gasteiger partial charge in [-0.15, -0.1) is 0 Å². The number of halogens is 1. The smallest absolute Gasteiger partial charge is 0.338 e. The first kappa shape index (κ1) is 21.5. The molecule has 0 aliphatic carbocycles. The van der Waals surface area contributed by atoms with E-state index in [1.54, 1.807) is 37.3 Å². The molecule has 0 saturated carbocycles. The van der Waals surface area contributed by atoms with Crippen LogP contribution in [-0.4, -0.2) is 44.3 Å². The van der Waals surface area contributed by atoms with Crippen LogP contribution >= 0.6 is 15.9 Å². The minimum atomic E-state index is -3.62. The molecule has 0 aromatic heterocycles. The average Bonchev–Trinajstić information content (AvgIpc) is 3.24. The molecule has 1 aliphatic heterocycles. The third-order valence-corrected chi connectivity index (χ3v) is 7.13. The van der Waals surface area contributed by atoms with Gasteiger partial charge >= 0.3 is 5.97 Å². The van der Waals surface area contributed by atoms with Crippen LogP contribution in [0.15, 0.2) is 51.8 Å². The van der Waals surface area contributed by atoms with Crippen molar-refractivity contribution in [3.63, 3.8) is 0 Å². The number of ether oxygens (including phenoxy) is 1. The highest BCUT2D eigenvalue weighted by atomic mass is 79.9. The molecule has 9 heteroatoms. The number of nitrogens with zero attached hydrogens (tertiary/aromatic N) is 1. The Balaban J connectivity index is 1.79. The number of anilines is 1. The zero-order chi connectivity index (χ0) is 21.0. The van der Waals surface area contributed by atoms with Crippen LogP contribution in [0.3, 0.4) is 0 Å². The summed E-state index contributed by atoms with van der Waals surface area (Å²) in [4.78, 5) is 24.5. The number of hydrogen-bond acceptors (Lipinski definition) is 5. The maximum atomic E-state index is 12.8. The zero-order valence-corrected chi connectivity index (χ0v) is 18.3. The van der Waals surface area contributed by atoms with Crippen molar-refractivity contribution in [1.29, 1.82) is 0 Å². The standard InChI is InChI=1S/C20H21BrN2O5S/c1-2-28-20(25)14-5-7-15(8-6-14)22-19(24)17-13-16(9-10-18(17)21)29(26,27)23-11-3-4-12-23/h5-10,13H,2-4,11-12H2,1H3,(H,22,24). The number of carbonyl (C=O) groups excluding carboxylic acids is 2. The fourth-order valence-corrected chi connectivity index (χ4v) is 4.99. The van der Waals surface area contributed by atoms with E-state index in [4.69, 9.17) is 4.74 Å². The second-order valence-electron chi connectivity index (χ2n) is 6.50. The summed E-state index contributed by atoms with van der Waals surface area (Å²) in [6.07, 6.45) is 1.68. The van der Waals surface area contributed by atoms with Gasteiger partial charge in [0.2, 0.25) is 10.0 Å². The minimum absolute atomic E-state index is 0.0883. The number of amides is 1. The summed E-state index contributed by atoms with van der Waals surface area (Å²) in [5.41, 5.74) is 1.06. The van der Waals surface area contributed by atoms with Crippen LogP contribution in [0.2, 0.25) is 0 Å². The molecule has 0 unspecified atom stereocenters. The Morgan fingerprint density at radius 2 is 1.76 bits per heavy atom. The van der Waals surface area contributed by atoms with Crippen molar-refractivity contribution in [3.8, 4) is 0 Å². The maximum absolute atomic E-state index is 12.8. The number of carbonyl (C=O) groups is 2.